The highest BCUT2D eigenvalue weighted by atomic mass is 16.2. The molecule has 0 radical (unpaired) electrons. The first kappa shape index (κ1) is 15.9. The molecule has 1 saturated carbocycles. The number of hydrogen-bond donors (Lipinski definition) is 0. The van der Waals surface area contributed by atoms with E-state index in [2.05, 4.69) is 32.2 Å². The molecule has 0 N–H and O–H groups in total. The molecule has 1 aliphatic carbocycles. The second kappa shape index (κ2) is 5.43. The van der Waals surface area contributed by atoms with Gasteiger partial charge in [0, 0.05) is 44.2 Å². The predicted octanol–water partition coefficient (Wildman–Crippen LogP) is 2.66. The third kappa shape index (κ3) is 2.37. The highest BCUT2D eigenvalue weighted by Gasteiger charge is 2.47. The minimum atomic E-state index is -0.170. The van der Waals surface area contributed by atoms with E-state index in [1.807, 2.05) is 31.6 Å². The Kier molecular flexibility index (Phi) is 3.08. The van der Waals surface area contributed by atoms with Crippen LogP contribution >= 0.6 is 0 Å². The lowest BCUT2D eigenvalue weighted by Gasteiger charge is -2.17. The minimum absolute atomic E-state index is 0.170. The average Bonchev–Trinajstić information content (AvgIpc) is 3.07. The Hall–Kier alpha value is -3.16. The lowest BCUT2D eigenvalue weighted by atomic mass is 10.1. The first-order chi connectivity index (χ1) is 13.6. The van der Waals surface area contributed by atoms with Crippen molar-refractivity contribution in [2.24, 2.45) is 12.5 Å². The van der Waals surface area contributed by atoms with E-state index in [9.17, 15) is 4.79 Å². The van der Waals surface area contributed by atoms with E-state index in [0.29, 0.717) is 17.8 Å². The van der Waals surface area contributed by atoms with Gasteiger partial charge in [0.2, 0.25) is 0 Å². The summed E-state index contributed by atoms with van der Waals surface area (Å²) in [7, 11) is 1.84. The van der Waals surface area contributed by atoms with Gasteiger partial charge in [0.25, 0.3) is 0 Å². The van der Waals surface area contributed by atoms with Crippen LogP contribution in [0.2, 0.25) is 0 Å². The molecule has 5 heterocycles. The molecule has 0 bridgehead atoms. The SMILES string of the molecule is Cn1ccc(N2Cc3cc(-c4ccc(N5CCC6(CC6)C5)nc4)nn3C2=O)n1. The van der Waals surface area contributed by atoms with Crippen LogP contribution in [0.3, 0.4) is 0 Å². The van der Waals surface area contributed by atoms with Crippen molar-refractivity contribution >= 4 is 17.7 Å². The topological polar surface area (TPSA) is 72.1 Å². The number of hydrogen-bond acceptors (Lipinski definition) is 5. The van der Waals surface area contributed by atoms with E-state index in [-0.39, 0.29) is 6.03 Å². The Labute approximate surface area is 162 Å². The standard InChI is InChI=1S/C20H21N7O/c1-24-8-4-18(23-24)26-12-15-10-16(22-27(15)19(26)28)14-2-3-17(21-11-14)25-9-7-20(13-25)5-6-20/h2-4,8,10-11H,5-7,9,12-13H2,1H3. The molecule has 1 amide bonds. The summed E-state index contributed by atoms with van der Waals surface area (Å²) in [5, 5.41) is 8.84. The van der Waals surface area contributed by atoms with Gasteiger partial charge in [-0.3, -0.25) is 9.58 Å². The smallest absolute Gasteiger partial charge is 0.351 e. The summed E-state index contributed by atoms with van der Waals surface area (Å²) in [4.78, 5) is 21.4. The lowest BCUT2D eigenvalue weighted by Crippen LogP contribution is -2.27. The van der Waals surface area contributed by atoms with Crippen LogP contribution in [0.25, 0.3) is 11.3 Å². The van der Waals surface area contributed by atoms with Crippen LogP contribution in [-0.4, -0.2) is 43.7 Å². The second-order valence-corrected chi connectivity index (χ2v) is 8.23. The van der Waals surface area contributed by atoms with Crippen LogP contribution in [0.4, 0.5) is 16.4 Å². The Morgan fingerprint density at radius 3 is 2.61 bits per heavy atom. The molecule has 3 aromatic rings. The van der Waals surface area contributed by atoms with E-state index in [1.54, 1.807) is 9.58 Å². The van der Waals surface area contributed by atoms with Gasteiger partial charge in [-0.1, -0.05) is 0 Å². The van der Waals surface area contributed by atoms with Crippen molar-refractivity contribution in [3.8, 4) is 11.3 Å². The predicted molar refractivity (Wildman–Crippen MR) is 104 cm³/mol. The van der Waals surface area contributed by atoms with Crippen molar-refractivity contribution < 1.29 is 4.79 Å². The van der Waals surface area contributed by atoms with Crippen LogP contribution in [0, 0.1) is 5.41 Å². The minimum Gasteiger partial charge on any atom is -0.356 e. The van der Waals surface area contributed by atoms with E-state index < -0.39 is 0 Å². The van der Waals surface area contributed by atoms with E-state index in [0.717, 1.165) is 35.9 Å². The molecule has 3 aromatic heterocycles. The number of anilines is 2. The second-order valence-electron chi connectivity index (χ2n) is 8.23. The first-order valence-corrected chi connectivity index (χ1v) is 9.72. The quantitative estimate of drug-likeness (QED) is 0.704. The summed E-state index contributed by atoms with van der Waals surface area (Å²) in [6.07, 6.45) is 7.72. The molecule has 0 atom stereocenters. The van der Waals surface area contributed by atoms with Gasteiger partial charge in [-0.25, -0.2) is 9.78 Å². The fourth-order valence-corrected chi connectivity index (χ4v) is 4.35. The fraction of sp³-hybridized carbons (Fsp3) is 0.400. The van der Waals surface area contributed by atoms with Crippen molar-refractivity contribution in [3.63, 3.8) is 0 Å². The van der Waals surface area contributed by atoms with Crippen LogP contribution in [0.5, 0.6) is 0 Å². The molecule has 6 rings (SSSR count). The molecule has 142 valence electrons. The largest absolute Gasteiger partial charge is 0.356 e. The number of aromatic nitrogens is 5. The molecule has 1 spiro atoms. The van der Waals surface area contributed by atoms with Gasteiger partial charge >= 0.3 is 6.03 Å². The average molecular weight is 375 g/mol. The zero-order valence-electron chi connectivity index (χ0n) is 15.7. The highest BCUT2D eigenvalue weighted by molar-refractivity contribution is 5.95. The molecule has 2 fully saturated rings. The Bertz CT molecular complexity index is 1080. The van der Waals surface area contributed by atoms with Gasteiger partial charge < -0.3 is 4.90 Å². The Morgan fingerprint density at radius 2 is 1.96 bits per heavy atom. The van der Waals surface area contributed by atoms with E-state index >= 15 is 0 Å². The van der Waals surface area contributed by atoms with Gasteiger partial charge in [0.05, 0.1) is 17.9 Å². The molecular weight excluding hydrogens is 354 g/mol. The summed E-state index contributed by atoms with van der Waals surface area (Å²) in [6, 6.07) is 7.75. The fourth-order valence-electron chi connectivity index (χ4n) is 4.35. The maximum absolute atomic E-state index is 12.7. The maximum atomic E-state index is 12.7. The number of amides is 1. The molecule has 28 heavy (non-hydrogen) atoms. The number of carbonyl (C=O) groups excluding carboxylic acids is 1. The first-order valence-electron chi connectivity index (χ1n) is 9.72. The van der Waals surface area contributed by atoms with Crippen molar-refractivity contribution in [3.05, 3.63) is 42.4 Å². The number of fused-ring (bicyclic) bond motifs is 1. The number of pyridine rings is 1. The number of aryl methyl sites for hydroxylation is 1. The summed E-state index contributed by atoms with van der Waals surface area (Å²) in [5.41, 5.74) is 3.17. The van der Waals surface area contributed by atoms with Crippen molar-refractivity contribution in [1.82, 2.24) is 24.5 Å². The van der Waals surface area contributed by atoms with Gasteiger partial charge in [0.15, 0.2) is 5.82 Å². The molecular formula is C20H21N7O. The Balaban J connectivity index is 1.22. The summed E-state index contributed by atoms with van der Waals surface area (Å²) in [5.74, 6) is 1.68. The highest BCUT2D eigenvalue weighted by Crippen LogP contribution is 2.53. The summed E-state index contributed by atoms with van der Waals surface area (Å²) < 4.78 is 3.16. The maximum Gasteiger partial charge on any atom is 0.351 e. The molecule has 0 unspecified atom stereocenters. The monoisotopic (exact) mass is 375 g/mol. The number of rotatable bonds is 3. The lowest BCUT2D eigenvalue weighted by molar-refractivity contribution is 0.248. The van der Waals surface area contributed by atoms with Crippen molar-refractivity contribution in [2.75, 3.05) is 22.9 Å². The molecule has 3 aliphatic rings. The molecule has 0 aromatic carbocycles. The summed E-state index contributed by atoms with van der Waals surface area (Å²) >= 11 is 0. The number of nitrogens with zero attached hydrogens (tertiary/aromatic N) is 7. The van der Waals surface area contributed by atoms with Gasteiger partial charge in [-0.2, -0.15) is 14.9 Å². The van der Waals surface area contributed by atoms with Crippen LogP contribution in [0.15, 0.2) is 36.7 Å². The van der Waals surface area contributed by atoms with Crippen molar-refractivity contribution in [1.29, 1.82) is 0 Å². The van der Waals surface area contributed by atoms with Crippen LogP contribution < -0.4 is 9.80 Å². The third-order valence-electron chi connectivity index (χ3n) is 6.25. The Morgan fingerprint density at radius 1 is 1.07 bits per heavy atom. The van der Waals surface area contributed by atoms with Gasteiger partial charge in [-0.05, 0) is 42.9 Å². The van der Waals surface area contributed by atoms with Crippen LogP contribution in [0.1, 0.15) is 25.0 Å². The normalized spacial score (nSPS) is 19.7. The zero-order chi connectivity index (χ0) is 18.9. The molecule has 1 saturated heterocycles. The van der Waals surface area contributed by atoms with E-state index in [1.165, 1.54) is 23.9 Å². The number of carbonyl (C=O) groups is 1. The zero-order valence-corrected chi connectivity index (χ0v) is 15.7. The molecule has 2 aliphatic heterocycles. The molecule has 8 nitrogen and oxygen atoms in total. The van der Waals surface area contributed by atoms with Crippen molar-refractivity contribution in [2.45, 2.75) is 25.8 Å². The summed E-state index contributed by atoms with van der Waals surface area (Å²) in [6.45, 7) is 2.71. The van der Waals surface area contributed by atoms with Crippen LogP contribution in [-0.2, 0) is 13.6 Å². The third-order valence-corrected chi connectivity index (χ3v) is 6.25. The van der Waals surface area contributed by atoms with E-state index in [4.69, 9.17) is 0 Å². The van der Waals surface area contributed by atoms with Gasteiger partial charge in [0.1, 0.15) is 5.82 Å². The molecule has 8 heteroatoms. The van der Waals surface area contributed by atoms with Gasteiger partial charge in [-0.15, -0.1) is 0 Å².